The number of nitrogens with zero attached hydrogens (tertiary/aromatic N) is 2. The summed E-state index contributed by atoms with van der Waals surface area (Å²) in [6.45, 7) is 2.79. The summed E-state index contributed by atoms with van der Waals surface area (Å²) in [6, 6.07) is 38.5. The van der Waals surface area contributed by atoms with Gasteiger partial charge in [-0.3, -0.25) is 0 Å². The molecule has 5 rings (SSSR count). The SMILES string of the molecule is N/C(=N/O)c1ccc(OCc2cccc(COCc3ccc(COCc4cccc(COc5ccc(/C(N)=N\O)cc5)c4)cc3)c2)cc1. The van der Waals surface area contributed by atoms with E-state index in [-0.39, 0.29) is 11.7 Å². The summed E-state index contributed by atoms with van der Waals surface area (Å²) in [5.41, 5.74) is 18.8. The van der Waals surface area contributed by atoms with E-state index in [0.29, 0.717) is 62.3 Å². The van der Waals surface area contributed by atoms with Crippen LogP contribution in [0.15, 0.2) is 132 Å². The van der Waals surface area contributed by atoms with Crippen molar-refractivity contribution in [2.45, 2.75) is 39.6 Å². The summed E-state index contributed by atoms with van der Waals surface area (Å²) in [5.74, 6) is 1.50. The van der Waals surface area contributed by atoms with Crippen LogP contribution < -0.4 is 20.9 Å². The van der Waals surface area contributed by atoms with E-state index in [1.807, 2.05) is 36.4 Å². The van der Waals surface area contributed by atoms with Crippen molar-refractivity contribution in [1.82, 2.24) is 0 Å². The average Bonchev–Trinajstić information content (AvgIpc) is 3.14. The normalized spacial score (nSPS) is 11.8. The van der Waals surface area contributed by atoms with E-state index in [2.05, 4.69) is 46.7 Å². The first-order valence-corrected chi connectivity index (χ1v) is 15.3. The van der Waals surface area contributed by atoms with Gasteiger partial charge in [-0.2, -0.15) is 0 Å². The van der Waals surface area contributed by atoms with Crippen molar-refractivity contribution in [3.05, 3.63) is 166 Å². The highest BCUT2D eigenvalue weighted by atomic mass is 16.5. The molecule has 0 saturated carbocycles. The van der Waals surface area contributed by atoms with Crippen LogP contribution in [-0.2, 0) is 49.1 Å². The Bertz CT molecular complexity index is 1670. The molecule has 0 radical (unpaired) electrons. The van der Waals surface area contributed by atoms with Crippen LogP contribution >= 0.6 is 0 Å². The van der Waals surface area contributed by atoms with Crippen LogP contribution in [0.3, 0.4) is 0 Å². The molecule has 5 aromatic rings. The Morgan fingerprint density at radius 2 is 0.771 bits per heavy atom. The summed E-state index contributed by atoms with van der Waals surface area (Å²) in [6.07, 6.45) is 0. The molecule has 0 aliphatic carbocycles. The standard InChI is InChI=1S/C38H38N4O6/c39-37(41-43)33-11-15-35(16-12-33)47-25-31-5-1-3-29(19-31)23-45-21-27-7-9-28(10-8-27)22-46-24-30-4-2-6-32(20-30)26-48-36-17-13-34(14-18-36)38(40)42-44/h1-20,43-44H,21-26H2,(H2,39,41)(H2,40,42). The Hall–Kier alpha value is -5.84. The minimum absolute atomic E-state index is 0.0558. The van der Waals surface area contributed by atoms with E-state index < -0.39 is 0 Å². The molecular formula is C38H38N4O6. The fraction of sp³-hybridized carbons (Fsp3) is 0.158. The molecule has 0 aromatic heterocycles. The van der Waals surface area contributed by atoms with E-state index in [0.717, 1.165) is 33.4 Å². The van der Waals surface area contributed by atoms with Gasteiger partial charge in [-0.15, -0.1) is 0 Å². The summed E-state index contributed by atoms with van der Waals surface area (Å²) in [5, 5.41) is 23.6. The number of rotatable bonds is 16. The van der Waals surface area contributed by atoms with Gasteiger partial charge in [0.1, 0.15) is 24.7 Å². The van der Waals surface area contributed by atoms with Gasteiger partial charge in [0.2, 0.25) is 0 Å². The lowest BCUT2D eigenvalue weighted by Gasteiger charge is -2.10. The van der Waals surface area contributed by atoms with E-state index >= 15 is 0 Å². The Morgan fingerprint density at radius 3 is 1.12 bits per heavy atom. The molecule has 0 atom stereocenters. The maximum absolute atomic E-state index is 8.80. The van der Waals surface area contributed by atoms with Gasteiger partial charge in [-0.25, -0.2) is 0 Å². The lowest BCUT2D eigenvalue weighted by atomic mass is 10.1. The molecule has 0 spiro atoms. The van der Waals surface area contributed by atoms with E-state index in [9.17, 15) is 0 Å². The van der Waals surface area contributed by atoms with Gasteiger partial charge in [0.05, 0.1) is 26.4 Å². The van der Waals surface area contributed by atoms with Crippen LogP contribution in [0.25, 0.3) is 0 Å². The predicted molar refractivity (Wildman–Crippen MR) is 183 cm³/mol. The average molecular weight is 647 g/mol. The molecule has 0 bridgehead atoms. The van der Waals surface area contributed by atoms with Crippen LogP contribution in [-0.4, -0.2) is 22.1 Å². The van der Waals surface area contributed by atoms with Crippen LogP contribution in [0.5, 0.6) is 11.5 Å². The molecule has 5 aromatic carbocycles. The van der Waals surface area contributed by atoms with Crippen molar-refractivity contribution in [2.75, 3.05) is 0 Å². The van der Waals surface area contributed by atoms with Crippen molar-refractivity contribution in [3.63, 3.8) is 0 Å². The second-order valence-electron chi connectivity index (χ2n) is 11.0. The summed E-state index contributed by atoms with van der Waals surface area (Å²) < 4.78 is 23.7. The number of benzene rings is 5. The maximum Gasteiger partial charge on any atom is 0.170 e. The molecule has 0 aliphatic rings. The zero-order valence-corrected chi connectivity index (χ0v) is 26.4. The van der Waals surface area contributed by atoms with Gasteiger partial charge >= 0.3 is 0 Å². The van der Waals surface area contributed by atoms with Gasteiger partial charge in [0, 0.05) is 11.1 Å². The van der Waals surface area contributed by atoms with Crippen molar-refractivity contribution < 1.29 is 29.4 Å². The van der Waals surface area contributed by atoms with Crippen LogP contribution in [0.4, 0.5) is 0 Å². The lowest BCUT2D eigenvalue weighted by Crippen LogP contribution is -2.12. The summed E-state index contributed by atoms with van der Waals surface area (Å²) in [4.78, 5) is 0. The molecule has 10 heteroatoms. The summed E-state index contributed by atoms with van der Waals surface area (Å²) in [7, 11) is 0. The van der Waals surface area contributed by atoms with Crippen LogP contribution in [0.2, 0.25) is 0 Å². The second-order valence-corrected chi connectivity index (χ2v) is 11.0. The third kappa shape index (κ3) is 10.1. The first-order chi connectivity index (χ1) is 23.5. The van der Waals surface area contributed by atoms with E-state index in [4.69, 9.17) is 40.8 Å². The molecule has 6 N–H and O–H groups in total. The monoisotopic (exact) mass is 646 g/mol. The fourth-order valence-corrected chi connectivity index (χ4v) is 4.82. The van der Waals surface area contributed by atoms with Crippen molar-refractivity contribution in [1.29, 1.82) is 0 Å². The van der Waals surface area contributed by atoms with Gasteiger partial charge in [0.15, 0.2) is 11.7 Å². The highest BCUT2D eigenvalue weighted by Gasteiger charge is 2.05. The van der Waals surface area contributed by atoms with Crippen molar-refractivity contribution >= 4 is 11.7 Å². The van der Waals surface area contributed by atoms with Gasteiger partial charge < -0.3 is 40.8 Å². The Kier molecular flexibility index (Phi) is 12.0. The third-order valence-corrected chi connectivity index (χ3v) is 7.41. The highest BCUT2D eigenvalue weighted by Crippen LogP contribution is 2.18. The van der Waals surface area contributed by atoms with E-state index in [1.165, 1.54) is 0 Å². The molecule has 0 fully saturated rings. The zero-order valence-electron chi connectivity index (χ0n) is 26.4. The number of ether oxygens (including phenoxy) is 4. The van der Waals surface area contributed by atoms with Crippen LogP contribution in [0.1, 0.15) is 44.5 Å². The lowest BCUT2D eigenvalue weighted by molar-refractivity contribution is 0.105. The summed E-state index contributed by atoms with van der Waals surface area (Å²) >= 11 is 0. The van der Waals surface area contributed by atoms with Crippen LogP contribution in [0, 0.1) is 0 Å². The molecule has 48 heavy (non-hydrogen) atoms. The number of oxime groups is 2. The molecular weight excluding hydrogens is 608 g/mol. The number of hydrogen-bond donors (Lipinski definition) is 4. The van der Waals surface area contributed by atoms with Crippen molar-refractivity contribution in [2.24, 2.45) is 21.8 Å². The first kappa shape index (κ1) is 33.5. The molecule has 0 heterocycles. The van der Waals surface area contributed by atoms with Gasteiger partial charge in [-0.05, 0) is 81.9 Å². The fourth-order valence-electron chi connectivity index (χ4n) is 4.82. The highest BCUT2D eigenvalue weighted by molar-refractivity contribution is 5.97. The van der Waals surface area contributed by atoms with Gasteiger partial charge in [0.25, 0.3) is 0 Å². The first-order valence-electron chi connectivity index (χ1n) is 15.3. The van der Waals surface area contributed by atoms with Gasteiger partial charge in [-0.1, -0.05) is 83.1 Å². The third-order valence-electron chi connectivity index (χ3n) is 7.41. The second kappa shape index (κ2) is 17.2. The topological polar surface area (TPSA) is 154 Å². The van der Waals surface area contributed by atoms with Crippen molar-refractivity contribution in [3.8, 4) is 11.5 Å². The number of nitrogens with two attached hydrogens (primary N) is 2. The number of hydrogen-bond acceptors (Lipinski definition) is 8. The Labute approximate surface area is 279 Å². The predicted octanol–water partition coefficient (Wildman–Crippen LogP) is 6.47. The quantitative estimate of drug-likeness (QED) is 0.0412. The molecule has 0 aliphatic heterocycles. The Balaban J connectivity index is 1.01. The largest absolute Gasteiger partial charge is 0.489 e. The maximum atomic E-state index is 8.80. The molecule has 246 valence electrons. The smallest absolute Gasteiger partial charge is 0.170 e. The minimum Gasteiger partial charge on any atom is -0.489 e. The zero-order chi connectivity index (χ0) is 33.6. The molecule has 0 amide bonds. The molecule has 0 saturated heterocycles. The molecule has 0 unspecified atom stereocenters. The minimum atomic E-state index is 0.0558. The molecule has 10 nitrogen and oxygen atoms in total. The van der Waals surface area contributed by atoms with E-state index in [1.54, 1.807) is 48.5 Å². The Morgan fingerprint density at radius 1 is 0.438 bits per heavy atom. The number of amidine groups is 2.